The molecule has 3 aromatic rings. The molecule has 2 aromatic heterocycles. The van der Waals surface area contributed by atoms with Crippen molar-refractivity contribution in [1.82, 2.24) is 9.97 Å². The molecule has 2 N–H and O–H groups in total. The lowest BCUT2D eigenvalue weighted by Gasteiger charge is -2.23. The minimum absolute atomic E-state index is 0.125. The monoisotopic (exact) mass is 447 g/mol. The second-order valence-electron chi connectivity index (χ2n) is 7.32. The summed E-state index contributed by atoms with van der Waals surface area (Å²) < 4.78 is 6.11. The van der Waals surface area contributed by atoms with Crippen LogP contribution in [0.3, 0.4) is 0 Å². The van der Waals surface area contributed by atoms with Gasteiger partial charge in [0.05, 0.1) is 22.9 Å². The first-order chi connectivity index (χ1) is 15.2. The van der Waals surface area contributed by atoms with Gasteiger partial charge in [-0.15, -0.1) is 11.3 Å². The Kier molecular flexibility index (Phi) is 6.71. The summed E-state index contributed by atoms with van der Waals surface area (Å²) >= 11 is 2.91. The Morgan fingerprint density at radius 1 is 1.10 bits per heavy atom. The van der Waals surface area contributed by atoms with Gasteiger partial charge in [0.1, 0.15) is 34.3 Å². The number of thioether (sulfide) groups is 1. The fourth-order valence-corrected chi connectivity index (χ4v) is 5.28. The Bertz CT molecular complexity index is 1120. The molecule has 4 rings (SSSR count). The van der Waals surface area contributed by atoms with E-state index in [2.05, 4.69) is 22.1 Å². The smallest absolute Gasteiger partial charge is 0.143 e. The number of hydrogen-bond acceptors (Lipinski definition) is 8. The van der Waals surface area contributed by atoms with Gasteiger partial charge in [-0.25, -0.2) is 9.97 Å². The Morgan fingerprint density at radius 3 is 2.48 bits per heavy atom. The molecule has 156 valence electrons. The Balaban J connectivity index is 1.65. The van der Waals surface area contributed by atoms with Crippen molar-refractivity contribution >= 4 is 28.9 Å². The van der Waals surface area contributed by atoms with E-state index in [9.17, 15) is 10.5 Å². The average Bonchev–Trinajstić information content (AvgIpc) is 3.32. The lowest BCUT2D eigenvalue weighted by Crippen LogP contribution is -2.19. The van der Waals surface area contributed by atoms with Gasteiger partial charge in [-0.2, -0.15) is 10.5 Å². The highest BCUT2D eigenvalue weighted by Gasteiger charge is 2.21. The van der Waals surface area contributed by atoms with Crippen molar-refractivity contribution in [3.63, 3.8) is 0 Å². The maximum atomic E-state index is 9.91. The van der Waals surface area contributed by atoms with Crippen molar-refractivity contribution in [3.05, 3.63) is 52.0 Å². The number of thiazole rings is 1. The number of aromatic nitrogens is 2. The summed E-state index contributed by atoms with van der Waals surface area (Å²) in [6, 6.07) is 11.9. The molecule has 0 aliphatic heterocycles. The number of nitrogens with two attached hydrogens (primary N) is 1. The number of nitrogen functional groups attached to an aromatic ring is 1. The summed E-state index contributed by atoms with van der Waals surface area (Å²) in [5, 5.41) is 22.1. The second kappa shape index (κ2) is 9.82. The van der Waals surface area contributed by atoms with Crippen LogP contribution >= 0.6 is 23.1 Å². The number of hydrogen-bond donors (Lipinski definition) is 1. The van der Waals surface area contributed by atoms with Crippen molar-refractivity contribution in [3.8, 4) is 29.0 Å². The van der Waals surface area contributed by atoms with E-state index < -0.39 is 0 Å². The van der Waals surface area contributed by atoms with Crippen LogP contribution in [0, 0.1) is 22.7 Å². The summed E-state index contributed by atoms with van der Waals surface area (Å²) in [4.78, 5) is 8.61. The zero-order valence-electron chi connectivity index (χ0n) is 16.9. The number of ether oxygens (including phenoxy) is 1. The lowest BCUT2D eigenvalue weighted by atomic mass is 9.96. The minimum atomic E-state index is 0.125. The van der Waals surface area contributed by atoms with Gasteiger partial charge >= 0.3 is 0 Å². The molecule has 6 nitrogen and oxygen atoms in total. The van der Waals surface area contributed by atoms with Gasteiger partial charge in [-0.05, 0) is 43.4 Å². The molecule has 0 unspecified atom stereocenters. The average molecular weight is 448 g/mol. The largest absolute Gasteiger partial charge is 0.490 e. The number of nitrogens with zero attached hydrogens (tertiary/aromatic N) is 4. The number of benzene rings is 1. The van der Waals surface area contributed by atoms with E-state index in [1.165, 1.54) is 42.4 Å². The standard InChI is InChI=1S/C23H21N5OS2/c24-10-19-21(15-6-8-18(9-7-15)29-17-4-2-1-3-5-17)20(11-25)23(28-22(19)26)31-13-16-12-30-14-27-16/h6-9,12,14,17H,1-5,13H2,(H2,26,28). The highest BCUT2D eigenvalue weighted by atomic mass is 32.2. The van der Waals surface area contributed by atoms with E-state index in [-0.39, 0.29) is 17.5 Å². The van der Waals surface area contributed by atoms with Gasteiger partial charge in [-0.3, -0.25) is 0 Å². The molecule has 0 spiro atoms. The third kappa shape index (κ3) is 4.82. The van der Waals surface area contributed by atoms with Gasteiger partial charge < -0.3 is 10.5 Å². The fraction of sp³-hybridized carbons (Fsp3) is 0.304. The summed E-state index contributed by atoms with van der Waals surface area (Å²) in [5.41, 5.74) is 10.6. The molecule has 2 heterocycles. The van der Waals surface area contributed by atoms with Crippen LogP contribution in [0.25, 0.3) is 11.1 Å². The molecule has 1 aliphatic rings. The van der Waals surface area contributed by atoms with Crippen LogP contribution in [0.4, 0.5) is 5.82 Å². The van der Waals surface area contributed by atoms with Gasteiger partial charge in [-0.1, -0.05) is 30.3 Å². The van der Waals surface area contributed by atoms with Gasteiger partial charge in [0.2, 0.25) is 0 Å². The molecule has 1 saturated carbocycles. The molecule has 8 heteroatoms. The topological polar surface area (TPSA) is 109 Å². The Hall–Kier alpha value is -3.07. The molecule has 1 aromatic carbocycles. The molecule has 0 amide bonds. The predicted molar refractivity (Wildman–Crippen MR) is 123 cm³/mol. The van der Waals surface area contributed by atoms with Crippen LogP contribution in [-0.4, -0.2) is 16.1 Å². The van der Waals surface area contributed by atoms with E-state index in [1.807, 2.05) is 29.6 Å². The maximum Gasteiger partial charge on any atom is 0.143 e. The van der Waals surface area contributed by atoms with Crippen LogP contribution < -0.4 is 10.5 Å². The summed E-state index contributed by atoms with van der Waals surface area (Å²) in [6.45, 7) is 0. The number of rotatable bonds is 6. The highest BCUT2D eigenvalue weighted by Crippen LogP contribution is 2.37. The van der Waals surface area contributed by atoms with E-state index in [1.54, 1.807) is 5.51 Å². The quantitative estimate of drug-likeness (QED) is 0.494. The van der Waals surface area contributed by atoms with Crippen LogP contribution in [0.15, 0.2) is 40.2 Å². The molecular weight excluding hydrogens is 426 g/mol. The Labute approximate surface area is 189 Å². The van der Waals surface area contributed by atoms with Crippen molar-refractivity contribution < 1.29 is 4.74 Å². The highest BCUT2D eigenvalue weighted by molar-refractivity contribution is 7.98. The van der Waals surface area contributed by atoms with Crippen molar-refractivity contribution in [2.45, 2.75) is 49.0 Å². The zero-order valence-corrected chi connectivity index (χ0v) is 18.5. The van der Waals surface area contributed by atoms with Gasteiger partial charge in [0.25, 0.3) is 0 Å². The first-order valence-electron chi connectivity index (χ1n) is 10.1. The molecule has 0 radical (unpaired) electrons. The van der Waals surface area contributed by atoms with Gasteiger partial charge in [0.15, 0.2) is 0 Å². The summed E-state index contributed by atoms with van der Waals surface area (Å²) in [7, 11) is 0. The van der Waals surface area contributed by atoms with E-state index in [0.717, 1.165) is 29.8 Å². The molecule has 31 heavy (non-hydrogen) atoms. The van der Waals surface area contributed by atoms with Crippen LogP contribution in [0.1, 0.15) is 48.9 Å². The number of anilines is 1. The van der Waals surface area contributed by atoms with Crippen LogP contribution in [0.5, 0.6) is 5.75 Å². The first-order valence-corrected chi connectivity index (χ1v) is 12.0. The van der Waals surface area contributed by atoms with E-state index in [0.29, 0.717) is 21.9 Å². The third-order valence-corrected chi connectivity index (χ3v) is 6.90. The SMILES string of the molecule is N#Cc1c(N)nc(SCc2cscn2)c(C#N)c1-c1ccc(OC2CCCCC2)cc1. The van der Waals surface area contributed by atoms with Gasteiger partial charge in [0, 0.05) is 16.7 Å². The zero-order chi connectivity index (χ0) is 21.6. The minimum Gasteiger partial charge on any atom is -0.490 e. The molecule has 0 saturated heterocycles. The molecular formula is C23H21N5OS2. The van der Waals surface area contributed by atoms with Crippen molar-refractivity contribution in [1.29, 1.82) is 10.5 Å². The maximum absolute atomic E-state index is 9.91. The molecule has 0 bridgehead atoms. The second-order valence-corrected chi connectivity index (χ2v) is 9.00. The summed E-state index contributed by atoms with van der Waals surface area (Å²) in [5.74, 6) is 1.50. The van der Waals surface area contributed by atoms with Crippen LogP contribution in [-0.2, 0) is 5.75 Å². The van der Waals surface area contributed by atoms with E-state index >= 15 is 0 Å². The summed E-state index contributed by atoms with van der Waals surface area (Å²) in [6.07, 6.45) is 6.11. The van der Waals surface area contributed by atoms with E-state index in [4.69, 9.17) is 10.5 Å². The van der Waals surface area contributed by atoms with Crippen molar-refractivity contribution in [2.24, 2.45) is 0 Å². The normalized spacial score (nSPS) is 14.0. The van der Waals surface area contributed by atoms with Crippen LogP contribution in [0.2, 0.25) is 0 Å². The molecule has 1 aliphatic carbocycles. The number of nitriles is 2. The van der Waals surface area contributed by atoms with Crippen molar-refractivity contribution in [2.75, 3.05) is 5.73 Å². The third-order valence-electron chi connectivity index (χ3n) is 5.25. The first kappa shape index (κ1) is 21.2. The lowest BCUT2D eigenvalue weighted by molar-refractivity contribution is 0.155. The Morgan fingerprint density at radius 2 is 1.84 bits per heavy atom. The number of pyridine rings is 1. The predicted octanol–water partition coefficient (Wildman–Crippen LogP) is 5.53. The molecule has 0 atom stereocenters. The fourth-order valence-electron chi connectivity index (χ4n) is 3.72. The molecule has 1 fully saturated rings.